The van der Waals surface area contributed by atoms with Crippen molar-refractivity contribution in [2.75, 3.05) is 11.9 Å². The number of hydrogen-bond acceptors (Lipinski definition) is 4. The number of anilines is 1. The van der Waals surface area contributed by atoms with Crippen molar-refractivity contribution in [1.82, 2.24) is 15.5 Å². The summed E-state index contributed by atoms with van der Waals surface area (Å²) in [5.74, 6) is 0.885. The fraction of sp³-hybridized carbons (Fsp3) is 0.516. The maximum Gasteiger partial charge on any atom is 0.246 e. The van der Waals surface area contributed by atoms with Gasteiger partial charge in [-0.15, -0.1) is 0 Å². The molecule has 5 N–H and O–H groups in total. The summed E-state index contributed by atoms with van der Waals surface area (Å²) in [6.07, 6.45) is 9.74. The lowest BCUT2D eigenvalue weighted by Gasteiger charge is -2.39. The van der Waals surface area contributed by atoms with Gasteiger partial charge in [-0.3, -0.25) is 9.59 Å². The molecular weight excluding hydrogens is 506 g/mol. The molecule has 0 aromatic heterocycles. The molecule has 39 heavy (non-hydrogen) atoms. The van der Waals surface area contributed by atoms with Gasteiger partial charge in [-0.25, -0.2) is 0 Å². The Kier molecular flexibility index (Phi) is 8.82. The number of likely N-dealkylation sites (tertiary alicyclic amines) is 1. The largest absolute Gasteiger partial charge is 0.376 e. The third-order valence-electron chi connectivity index (χ3n) is 8.81. The van der Waals surface area contributed by atoms with Crippen LogP contribution in [-0.2, 0) is 22.7 Å². The molecule has 1 heterocycles. The Morgan fingerprint density at radius 1 is 0.949 bits per heavy atom. The minimum absolute atomic E-state index is 0.0228. The van der Waals surface area contributed by atoms with Crippen molar-refractivity contribution < 1.29 is 9.59 Å². The second kappa shape index (κ2) is 12.5. The number of amides is 2. The Morgan fingerprint density at radius 2 is 1.67 bits per heavy atom. The molecule has 1 aliphatic heterocycles. The first-order chi connectivity index (χ1) is 19.0. The highest BCUT2D eigenvalue weighted by atomic mass is 32.1. The number of hydrogen-bond donors (Lipinski definition) is 4. The van der Waals surface area contributed by atoms with Crippen LogP contribution in [0, 0.1) is 11.8 Å². The maximum atomic E-state index is 14.2. The Hall–Kier alpha value is -2.97. The number of thiocarbonyl (C=S) groups is 1. The molecular formula is C31H41N5O2S. The Labute approximate surface area is 237 Å². The normalized spacial score (nSPS) is 23.4. The molecule has 3 fully saturated rings. The number of rotatable bonds is 10. The molecule has 0 radical (unpaired) electrons. The van der Waals surface area contributed by atoms with E-state index in [2.05, 4.69) is 28.1 Å². The number of nitrogens with one attached hydrogen (secondary N) is 3. The van der Waals surface area contributed by atoms with Gasteiger partial charge >= 0.3 is 0 Å². The van der Waals surface area contributed by atoms with E-state index in [1.165, 1.54) is 37.7 Å². The Bertz CT molecular complexity index is 1150. The van der Waals surface area contributed by atoms with Gasteiger partial charge < -0.3 is 26.6 Å². The van der Waals surface area contributed by atoms with Crippen LogP contribution in [0.5, 0.6) is 0 Å². The average molecular weight is 548 g/mol. The van der Waals surface area contributed by atoms with Gasteiger partial charge in [0.05, 0.1) is 6.04 Å². The first kappa shape index (κ1) is 27.6. The highest BCUT2D eigenvalue weighted by Gasteiger charge is 2.66. The van der Waals surface area contributed by atoms with E-state index >= 15 is 0 Å². The summed E-state index contributed by atoms with van der Waals surface area (Å²) in [4.78, 5) is 29.8. The zero-order valence-electron chi connectivity index (χ0n) is 22.7. The summed E-state index contributed by atoms with van der Waals surface area (Å²) in [6.45, 7) is 1.72. The van der Waals surface area contributed by atoms with Gasteiger partial charge in [0, 0.05) is 25.3 Å². The molecule has 2 aliphatic carbocycles. The number of nitrogens with zero attached hydrogens (tertiary/aromatic N) is 1. The van der Waals surface area contributed by atoms with Crippen LogP contribution in [0.2, 0.25) is 0 Å². The fourth-order valence-corrected chi connectivity index (χ4v) is 6.75. The maximum absolute atomic E-state index is 14.2. The van der Waals surface area contributed by atoms with Gasteiger partial charge in [0.2, 0.25) is 11.8 Å². The quantitative estimate of drug-likeness (QED) is 0.328. The average Bonchev–Trinajstić information content (AvgIpc) is 3.71. The second-order valence-electron chi connectivity index (χ2n) is 11.5. The molecule has 3 aliphatic rings. The summed E-state index contributed by atoms with van der Waals surface area (Å²) in [5.41, 5.74) is 7.81. The predicted molar refractivity (Wildman–Crippen MR) is 159 cm³/mol. The van der Waals surface area contributed by atoms with E-state index in [4.69, 9.17) is 18.0 Å². The molecule has 2 aromatic carbocycles. The SMILES string of the molecule is NC(=S)Nc1ccc(CNC(=O)[C@]23C[C@H]2CCCN3C(=O)[C@@H](CC2CCCCC2)NCc2ccccc2)cc1. The van der Waals surface area contributed by atoms with Crippen molar-refractivity contribution in [1.29, 1.82) is 0 Å². The standard InChI is InChI=1S/C31H41N5O2S/c32-30(39)35-26-15-13-24(14-16-26)21-34-29(38)31-19-25(31)12-7-17-36(31)28(37)27(18-22-8-3-1-4-9-22)33-20-23-10-5-2-6-11-23/h2,5-6,10-11,13-16,22,25,27,33H,1,3-4,7-9,12,17-21H2,(H,34,38)(H3,32,35,39)/t25-,27-,31+/m1/s1. The van der Waals surface area contributed by atoms with Crippen LogP contribution in [0.4, 0.5) is 5.69 Å². The minimum Gasteiger partial charge on any atom is -0.376 e. The highest BCUT2D eigenvalue weighted by Crippen LogP contribution is 2.54. The smallest absolute Gasteiger partial charge is 0.246 e. The van der Waals surface area contributed by atoms with Crippen LogP contribution >= 0.6 is 12.2 Å². The van der Waals surface area contributed by atoms with E-state index in [0.717, 1.165) is 36.9 Å². The number of carbonyl (C=O) groups is 2. The van der Waals surface area contributed by atoms with Crippen molar-refractivity contribution >= 4 is 34.8 Å². The van der Waals surface area contributed by atoms with Gasteiger partial charge in [0.1, 0.15) is 5.54 Å². The second-order valence-corrected chi connectivity index (χ2v) is 11.9. The zero-order valence-corrected chi connectivity index (χ0v) is 23.5. The van der Waals surface area contributed by atoms with E-state index in [1.807, 2.05) is 47.4 Å². The van der Waals surface area contributed by atoms with Crippen molar-refractivity contribution in [2.45, 2.75) is 82.5 Å². The molecule has 1 saturated heterocycles. The van der Waals surface area contributed by atoms with E-state index in [9.17, 15) is 9.59 Å². The molecule has 2 aromatic rings. The third-order valence-corrected chi connectivity index (χ3v) is 8.91. The van der Waals surface area contributed by atoms with E-state index in [-0.39, 0.29) is 28.9 Å². The summed E-state index contributed by atoms with van der Waals surface area (Å²) < 4.78 is 0. The van der Waals surface area contributed by atoms with Crippen molar-refractivity contribution in [3.63, 3.8) is 0 Å². The molecule has 0 spiro atoms. The van der Waals surface area contributed by atoms with Crippen LogP contribution in [-0.4, -0.2) is 40.0 Å². The minimum atomic E-state index is -0.707. The summed E-state index contributed by atoms with van der Waals surface area (Å²) in [6, 6.07) is 17.7. The summed E-state index contributed by atoms with van der Waals surface area (Å²) in [5, 5.41) is 9.89. The molecule has 2 amide bonds. The van der Waals surface area contributed by atoms with E-state index in [0.29, 0.717) is 25.6 Å². The molecule has 0 unspecified atom stereocenters. The summed E-state index contributed by atoms with van der Waals surface area (Å²) in [7, 11) is 0. The van der Waals surface area contributed by atoms with Gasteiger partial charge in [0.25, 0.3) is 0 Å². The molecule has 5 rings (SSSR count). The van der Waals surface area contributed by atoms with Gasteiger partial charge in [0.15, 0.2) is 5.11 Å². The van der Waals surface area contributed by atoms with Crippen LogP contribution in [0.15, 0.2) is 54.6 Å². The number of nitrogens with two attached hydrogens (primary N) is 1. The van der Waals surface area contributed by atoms with Crippen LogP contribution in [0.25, 0.3) is 0 Å². The van der Waals surface area contributed by atoms with Crippen LogP contribution < -0.4 is 21.7 Å². The number of carbonyl (C=O) groups excluding carboxylic acids is 2. The lowest BCUT2D eigenvalue weighted by atomic mass is 9.84. The number of piperidine rings is 1. The van der Waals surface area contributed by atoms with Crippen molar-refractivity contribution in [2.24, 2.45) is 17.6 Å². The highest BCUT2D eigenvalue weighted by molar-refractivity contribution is 7.80. The van der Waals surface area contributed by atoms with Crippen molar-refractivity contribution in [3.8, 4) is 0 Å². The molecule has 7 nitrogen and oxygen atoms in total. The Balaban J connectivity index is 1.27. The number of benzene rings is 2. The van der Waals surface area contributed by atoms with Gasteiger partial charge in [-0.05, 0) is 73.0 Å². The third kappa shape index (κ3) is 6.61. The van der Waals surface area contributed by atoms with E-state index in [1.54, 1.807) is 0 Å². The monoisotopic (exact) mass is 547 g/mol. The molecule has 3 atom stereocenters. The first-order valence-electron chi connectivity index (χ1n) is 14.5. The molecule has 0 bridgehead atoms. The van der Waals surface area contributed by atoms with E-state index < -0.39 is 5.54 Å². The van der Waals surface area contributed by atoms with Gasteiger partial charge in [-0.2, -0.15) is 0 Å². The fourth-order valence-electron chi connectivity index (χ4n) is 6.63. The van der Waals surface area contributed by atoms with Crippen molar-refractivity contribution in [3.05, 3.63) is 65.7 Å². The lowest BCUT2D eigenvalue weighted by Crippen LogP contribution is -2.59. The summed E-state index contributed by atoms with van der Waals surface area (Å²) >= 11 is 4.90. The molecule has 8 heteroatoms. The van der Waals surface area contributed by atoms with Gasteiger partial charge in [-0.1, -0.05) is 74.6 Å². The first-order valence-corrected chi connectivity index (χ1v) is 14.9. The van der Waals surface area contributed by atoms with Crippen LogP contribution in [0.3, 0.4) is 0 Å². The topological polar surface area (TPSA) is 99.5 Å². The molecule has 2 saturated carbocycles. The lowest BCUT2D eigenvalue weighted by molar-refractivity contribution is -0.146. The zero-order chi connectivity index (χ0) is 27.2. The predicted octanol–water partition coefficient (Wildman–Crippen LogP) is 4.47. The van der Waals surface area contributed by atoms with Crippen LogP contribution in [0.1, 0.15) is 68.9 Å². The number of fused-ring (bicyclic) bond motifs is 1. The molecule has 208 valence electrons. The Morgan fingerprint density at radius 3 is 2.38 bits per heavy atom.